The molecule has 2 fully saturated rings. The van der Waals surface area contributed by atoms with Crippen molar-refractivity contribution in [1.29, 1.82) is 0 Å². The van der Waals surface area contributed by atoms with Crippen LogP contribution in [0.5, 0.6) is 0 Å². The lowest BCUT2D eigenvalue weighted by Crippen LogP contribution is -2.50. The van der Waals surface area contributed by atoms with Gasteiger partial charge in [-0.05, 0) is 0 Å². The van der Waals surface area contributed by atoms with Gasteiger partial charge in [-0.25, -0.2) is 18.9 Å². The normalized spacial score (nSPS) is 30.0. The van der Waals surface area contributed by atoms with Gasteiger partial charge in [-0.15, -0.1) is 0 Å². The van der Waals surface area contributed by atoms with E-state index in [0.717, 1.165) is 0 Å². The van der Waals surface area contributed by atoms with Crippen molar-refractivity contribution in [2.45, 2.75) is 24.3 Å². The number of rotatable bonds is 4. The van der Waals surface area contributed by atoms with Gasteiger partial charge in [-0.3, -0.25) is 31.1 Å². The number of carbonyl (C=O) groups is 2. The second kappa shape index (κ2) is 6.24. The summed E-state index contributed by atoms with van der Waals surface area (Å²) >= 11 is 0. The second-order valence-corrected chi connectivity index (χ2v) is 8.88. The van der Waals surface area contributed by atoms with Crippen molar-refractivity contribution in [3.05, 3.63) is 0 Å². The van der Waals surface area contributed by atoms with Crippen molar-refractivity contribution >= 4 is 27.4 Å². The van der Waals surface area contributed by atoms with E-state index in [1.807, 2.05) is 0 Å². The first kappa shape index (κ1) is 19.1. The maximum atomic E-state index is 11.8. The van der Waals surface area contributed by atoms with Gasteiger partial charge in [0.1, 0.15) is 12.2 Å². The van der Waals surface area contributed by atoms with Crippen LogP contribution in [0.4, 0.5) is 9.59 Å². The van der Waals surface area contributed by atoms with Crippen LogP contribution in [0.15, 0.2) is 0 Å². The number of hydrogen-bond donors (Lipinski definition) is 6. The van der Waals surface area contributed by atoms with Crippen molar-refractivity contribution < 1.29 is 38.4 Å². The molecule has 2 saturated heterocycles. The molecule has 0 unspecified atom stereocenters. The molecule has 4 atom stereocenters. The highest BCUT2D eigenvalue weighted by Crippen LogP contribution is 2.44. The van der Waals surface area contributed by atoms with E-state index in [9.17, 15) is 28.9 Å². The lowest BCUT2D eigenvalue weighted by atomic mass is 10.1. The summed E-state index contributed by atoms with van der Waals surface area (Å²) in [6.45, 7) is -0.604. The Morgan fingerprint density at radius 3 is 1.33 bits per heavy atom. The molecule has 0 saturated carbocycles. The quantitative estimate of drug-likeness (QED) is 0.303. The summed E-state index contributed by atoms with van der Waals surface area (Å²) in [6, 6.07) is -2.27. The molecule has 24 heavy (non-hydrogen) atoms. The summed E-state index contributed by atoms with van der Waals surface area (Å²) in [5, 5.41) is 18.4. The van der Waals surface area contributed by atoms with E-state index in [0.29, 0.717) is 9.34 Å². The van der Waals surface area contributed by atoms with Gasteiger partial charge < -0.3 is 19.7 Å². The molecule has 2 aliphatic heterocycles. The Balaban J connectivity index is 2.29. The Hall–Kier alpha value is -1.24. The fraction of sp³-hybridized carbons (Fsp3) is 0.750. The van der Waals surface area contributed by atoms with Crippen LogP contribution in [0.1, 0.15) is 0 Å². The number of hydrogen-bond acceptors (Lipinski definition) is 6. The zero-order valence-electron chi connectivity index (χ0n) is 12.2. The third-order valence-electron chi connectivity index (χ3n) is 3.69. The Bertz CT molecular complexity index is 580. The van der Waals surface area contributed by atoms with Gasteiger partial charge in [-0.1, -0.05) is 0 Å². The van der Waals surface area contributed by atoms with Crippen LogP contribution >= 0.6 is 15.2 Å². The van der Waals surface area contributed by atoms with Crippen molar-refractivity contribution in [2.75, 3.05) is 13.2 Å². The van der Waals surface area contributed by atoms with Gasteiger partial charge in [0, 0.05) is 0 Å². The predicted molar refractivity (Wildman–Crippen MR) is 78.7 cm³/mol. The number of nitrogens with two attached hydrogens (primary N) is 4. The van der Waals surface area contributed by atoms with E-state index in [1.165, 1.54) is 0 Å². The van der Waals surface area contributed by atoms with Gasteiger partial charge in [-0.2, -0.15) is 0 Å². The molecule has 0 aromatic carbocycles. The van der Waals surface area contributed by atoms with Gasteiger partial charge in [0.2, 0.25) is 0 Å². The van der Waals surface area contributed by atoms with Crippen LogP contribution in [-0.2, 0) is 18.6 Å². The molecule has 0 aliphatic carbocycles. The maximum absolute atomic E-state index is 11.8. The fourth-order valence-corrected chi connectivity index (χ4v) is 4.75. The van der Waals surface area contributed by atoms with Gasteiger partial charge in [0.15, 0.2) is 0 Å². The molecular weight excluding hydrogens is 370 g/mol. The first-order valence-corrected chi connectivity index (χ1v) is 10.1. The Morgan fingerprint density at radius 2 is 1.12 bits per heavy atom. The smallest absolute Gasteiger partial charge is 0.415 e. The number of amides is 2. The van der Waals surface area contributed by atoms with Crippen LogP contribution in [-0.4, -0.2) is 69.2 Å². The number of carboxylic acid groups (broad SMARTS) is 2. The topological polar surface area (TPSA) is 238 Å². The molecule has 2 amide bonds. The second-order valence-electron chi connectivity index (χ2n) is 5.33. The van der Waals surface area contributed by atoms with Crippen molar-refractivity contribution in [3.8, 4) is 0 Å². The maximum Gasteiger partial charge on any atom is 0.415 e. The monoisotopic (exact) mass is 388 g/mol. The van der Waals surface area contributed by atoms with Crippen molar-refractivity contribution in [2.24, 2.45) is 22.0 Å². The van der Waals surface area contributed by atoms with E-state index in [1.54, 1.807) is 0 Å². The summed E-state index contributed by atoms with van der Waals surface area (Å²) in [4.78, 5) is 22.6. The third-order valence-corrected chi connectivity index (χ3v) is 5.98. The van der Waals surface area contributed by atoms with E-state index in [2.05, 4.69) is 0 Å². The highest BCUT2D eigenvalue weighted by atomic mass is 31.2. The average Bonchev–Trinajstić information content (AvgIpc) is 2.89. The third kappa shape index (κ3) is 3.41. The Labute approximate surface area is 135 Å². The minimum atomic E-state index is -4.19. The summed E-state index contributed by atoms with van der Waals surface area (Å²) in [5.74, 6) is 0. The Morgan fingerprint density at radius 1 is 0.833 bits per heavy atom. The van der Waals surface area contributed by atoms with E-state index in [4.69, 9.17) is 31.5 Å². The molecule has 16 heteroatoms. The fourth-order valence-electron chi connectivity index (χ4n) is 2.89. The molecule has 0 spiro atoms. The van der Waals surface area contributed by atoms with Gasteiger partial charge in [0.25, 0.3) is 0 Å². The molecule has 0 aromatic heterocycles. The number of nitrogens with zero attached hydrogens (tertiary/aromatic N) is 2. The molecule has 0 radical (unpaired) electrons. The lowest BCUT2D eigenvalue weighted by Gasteiger charge is -2.31. The van der Waals surface area contributed by atoms with Crippen LogP contribution < -0.4 is 22.0 Å². The van der Waals surface area contributed by atoms with Crippen LogP contribution in [0.3, 0.4) is 0 Å². The van der Waals surface area contributed by atoms with E-state index in [-0.39, 0.29) is 13.2 Å². The minimum Gasteiger partial charge on any atom is -0.465 e. The Kier molecular flexibility index (Phi) is 4.97. The molecule has 2 rings (SSSR count). The van der Waals surface area contributed by atoms with Crippen molar-refractivity contribution in [3.63, 3.8) is 0 Å². The molecule has 10 N–H and O–H groups in total. The predicted octanol–water partition coefficient (Wildman–Crippen LogP) is -1.47. The SMILES string of the molecule is NP(N)(=O)N(C(=O)O)[C@@H]1CO[C@H]2[C@@H]1OC[C@@H]2N(C(=O)O)P(N)(N)=O. The molecule has 14 nitrogen and oxygen atoms in total. The molecule has 0 bridgehead atoms. The number of fused-ring (bicyclic) bond motifs is 1. The van der Waals surface area contributed by atoms with Crippen LogP contribution in [0, 0.1) is 0 Å². The lowest BCUT2D eigenvalue weighted by molar-refractivity contribution is 0.0560. The molecule has 0 aromatic rings. The molecule has 2 heterocycles. The summed E-state index contributed by atoms with van der Waals surface area (Å²) in [6.07, 6.45) is -5.36. The molecule has 2 aliphatic rings. The zero-order valence-corrected chi connectivity index (χ0v) is 14.0. The van der Waals surface area contributed by atoms with Gasteiger partial charge in [0.05, 0.1) is 25.3 Å². The summed E-state index contributed by atoms with van der Waals surface area (Å²) in [7, 11) is -8.37. The molecular formula is C8H18N6O8P2. The van der Waals surface area contributed by atoms with Crippen molar-refractivity contribution in [1.82, 2.24) is 9.34 Å². The minimum absolute atomic E-state index is 0.302. The van der Waals surface area contributed by atoms with Gasteiger partial charge >= 0.3 is 27.4 Å². The largest absolute Gasteiger partial charge is 0.465 e. The highest BCUT2D eigenvalue weighted by Gasteiger charge is 2.56. The van der Waals surface area contributed by atoms with Crippen LogP contribution in [0.25, 0.3) is 0 Å². The van der Waals surface area contributed by atoms with E-state index >= 15 is 0 Å². The standard InChI is InChI=1S/C8H18N6O8P2/c9-23(10,19)13(7(15)16)3-1-21-6-4(2-22-5(3)6)14(8(17)18)24(11,12)20/h3-6H,1-2H2,(H,15,16)(H,17,18)(H4,9,10,19)(H4,11,12,20)/t3-,4+,5-,6-/m1/s1. The zero-order chi connectivity index (χ0) is 18.4. The number of ether oxygens (including phenoxy) is 2. The average molecular weight is 388 g/mol. The summed E-state index contributed by atoms with van der Waals surface area (Å²) < 4.78 is 35.0. The van der Waals surface area contributed by atoms with Crippen LogP contribution in [0.2, 0.25) is 0 Å². The summed E-state index contributed by atoms with van der Waals surface area (Å²) in [5.41, 5.74) is 20.9. The molecule has 138 valence electrons. The first-order valence-electron chi connectivity index (χ1n) is 6.48. The first-order chi connectivity index (χ1) is 10.9. The van der Waals surface area contributed by atoms with E-state index < -0.39 is 51.7 Å². The highest BCUT2D eigenvalue weighted by molar-refractivity contribution is 7.57.